The summed E-state index contributed by atoms with van der Waals surface area (Å²) in [6.45, 7) is 0.771. The quantitative estimate of drug-likeness (QED) is 0.754. The molecule has 0 saturated heterocycles. The fourth-order valence-electron chi connectivity index (χ4n) is 1.58. The lowest BCUT2D eigenvalue weighted by Crippen LogP contribution is -2.24. The van der Waals surface area contributed by atoms with Crippen LogP contribution in [0.2, 0.25) is 0 Å². The molecule has 1 aliphatic carbocycles. The van der Waals surface area contributed by atoms with E-state index >= 15 is 0 Å². The zero-order valence-corrected chi connectivity index (χ0v) is 9.48. The largest absolute Gasteiger partial charge is 0.397 e. The molecule has 82 valence electrons. The Bertz CT molecular complexity index is 344. The van der Waals surface area contributed by atoms with Gasteiger partial charge in [0.2, 0.25) is 0 Å². The van der Waals surface area contributed by atoms with Crippen LogP contribution < -0.4 is 11.1 Å². The normalized spacial score (nSPS) is 15.2. The molecule has 0 aromatic carbocycles. The summed E-state index contributed by atoms with van der Waals surface area (Å²) in [4.78, 5) is 12.2. The van der Waals surface area contributed by atoms with E-state index in [-0.39, 0.29) is 5.91 Å². The summed E-state index contributed by atoms with van der Waals surface area (Å²) in [5.74, 6) is 0.909. The van der Waals surface area contributed by atoms with E-state index in [9.17, 15) is 4.79 Å². The van der Waals surface area contributed by atoms with Crippen molar-refractivity contribution in [3.8, 4) is 0 Å². The van der Waals surface area contributed by atoms with Crippen molar-refractivity contribution in [1.29, 1.82) is 0 Å². The second-order valence-electron chi connectivity index (χ2n) is 4.05. The highest BCUT2D eigenvalue weighted by molar-refractivity contribution is 7.12. The van der Waals surface area contributed by atoms with Gasteiger partial charge in [0.15, 0.2) is 0 Å². The smallest absolute Gasteiger partial charge is 0.263 e. The molecule has 1 heterocycles. The fourth-order valence-corrected chi connectivity index (χ4v) is 2.32. The maximum absolute atomic E-state index is 11.6. The van der Waals surface area contributed by atoms with Gasteiger partial charge in [-0.25, -0.2) is 0 Å². The van der Waals surface area contributed by atoms with Gasteiger partial charge in [-0.2, -0.15) is 0 Å². The van der Waals surface area contributed by atoms with E-state index in [1.807, 2.05) is 5.38 Å². The number of nitrogen functional groups attached to an aromatic ring is 1. The molecule has 1 amide bonds. The van der Waals surface area contributed by atoms with E-state index in [4.69, 9.17) is 5.73 Å². The molecule has 0 atom stereocenters. The third-order valence-electron chi connectivity index (χ3n) is 2.67. The number of amides is 1. The van der Waals surface area contributed by atoms with Gasteiger partial charge in [-0.3, -0.25) is 4.79 Å². The molecule has 1 aromatic rings. The first kappa shape index (κ1) is 10.5. The van der Waals surface area contributed by atoms with Crippen LogP contribution in [0, 0.1) is 5.92 Å². The molecule has 0 unspecified atom stereocenters. The predicted octanol–water partition coefficient (Wildman–Crippen LogP) is 2.25. The van der Waals surface area contributed by atoms with Crippen molar-refractivity contribution in [3.63, 3.8) is 0 Å². The Hall–Kier alpha value is -1.03. The van der Waals surface area contributed by atoms with Gasteiger partial charge in [-0.05, 0) is 30.2 Å². The molecule has 1 saturated carbocycles. The minimum atomic E-state index is -0.0294. The van der Waals surface area contributed by atoms with Gasteiger partial charge in [-0.15, -0.1) is 11.3 Å². The Morgan fingerprint density at radius 1 is 1.60 bits per heavy atom. The Labute approximate surface area is 93.7 Å². The first-order valence-corrected chi connectivity index (χ1v) is 6.26. The summed E-state index contributed by atoms with van der Waals surface area (Å²) in [6, 6.07) is 1.77. The van der Waals surface area contributed by atoms with Crippen LogP contribution in [0.15, 0.2) is 11.4 Å². The molecule has 3 nitrogen and oxygen atoms in total. The van der Waals surface area contributed by atoms with Crippen molar-refractivity contribution in [2.75, 3.05) is 12.3 Å². The lowest BCUT2D eigenvalue weighted by atomic mass is 10.2. The van der Waals surface area contributed by atoms with E-state index in [0.717, 1.165) is 18.9 Å². The van der Waals surface area contributed by atoms with E-state index in [1.54, 1.807) is 6.07 Å². The van der Waals surface area contributed by atoms with Crippen LogP contribution in [0.1, 0.15) is 35.4 Å². The van der Waals surface area contributed by atoms with Gasteiger partial charge in [-0.1, -0.05) is 12.8 Å². The van der Waals surface area contributed by atoms with Crippen LogP contribution in [-0.2, 0) is 0 Å². The summed E-state index contributed by atoms with van der Waals surface area (Å²) >= 11 is 1.40. The number of nitrogens with one attached hydrogen (secondary N) is 1. The monoisotopic (exact) mass is 224 g/mol. The lowest BCUT2D eigenvalue weighted by molar-refractivity contribution is 0.0957. The summed E-state index contributed by atoms with van der Waals surface area (Å²) in [6.07, 6.45) is 5.10. The number of hydrogen-bond acceptors (Lipinski definition) is 3. The van der Waals surface area contributed by atoms with Gasteiger partial charge in [0.05, 0.1) is 5.69 Å². The molecule has 15 heavy (non-hydrogen) atoms. The van der Waals surface area contributed by atoms with E-state index in [1.165, 1.54) is 30.6 Å². The average Bonchev–Trinajstić information content (AvgIpc) is 2.94. The number of rotatable bonds is 5. The third kappa shape index (κ3) is 2.96. The molecule has 0 spiro atoms. The first-order chi connectivity index (χ1) is 7.27. The minimum absolute atomic E-state index is 0.0294. The summed E-state index contributed by atoms with van der Waals surface area (Å²) in [7, 11) is 0. The molecular formula is C11H16N2OS. The van der Waals surface area contributed by atoms with Gasteiger partial charge in [0.1, 0.15) is 4.88 Å². The van der Waals surface area contributed by atoms with E-state index in [0.29, 0.717) is 10.6 Å². The molecule has 0 radical (unpaired) electrons. The predicted molar refractivity (Wildman–Crippen MR) is 63.0 cm³/mol. The standard InChI is InChI=1S/C11H16N2OS/c12-9-5-7-15-10(9)11(14)13-6-1-2-8-3-4-8/h5,7-8H,1-4,6,12H2,(H,13,14). The van der Waals surface area contributed by atoms with Gasteiger partial charge < -0.3 is 11.1 Å². The first-order valence-electron chi connectivity index (χ1n) is 5.38. The van der Waals surface area contributed by atoms with Crippen LogP contribution in [0.5, 0.6) is 0 Å². The molecule has 3 N–H and O–H groups in total. The van der Waals surface area contributed by atoms with Gasteiger partial charge in [0.25, 0.3) is 5.91 Å². The van der Waals surface area contributed by atoms with Crippen LogP contribution in [-0.4, -0.2) is 12.5 Å². The summed E-state index contributed by atoms with van der Waals surface area (Å²) in [5, 5.41) is 4.74. The molecule has 1 fully saturated rings. The molecule has 4 heteroatoms. The van der Waals surface area contributed by atoms with Crippen molar-refractivity contribution < 1.29 is 4.79 Å². The van der Waals surface area contributed by atoms with Crippen molar-refractivity contribution in [2.24, 2.45) is 5.92 Å². The Balaban J connectivity index is 1.69. The van der Waals surface area contributed by atoms with E-state index < -0.39 is 0 Å². The zero-order chi connectivity index (χ0) is 10.7. The van der Waals surface area contributed by atoms with E-state index in [2.05, 4.69) is 5.32 Å². The fraction of sp³-hybridized carbons (Fsp3) is 0.545. The highest BCUT2D eigenvalue weighted by Crippen LogP contribution is 2.33. The number of carbonyl (C=O) groups is 1. The third-order valence-corrected chi connectivity index (χ3v) is 3.60. The van der Waals surface area contributed by atoms with Crippen molar-refractivity contribution in [1.82, 2.24) is 5.32 Å². The van der Waals surface area contributed by atoms with Crippen LogP contribution >= 0.6 is 11.3 Å². The van der Waals surface area contributed by atoms with Crippen molar-refractivity contribution in [3.05, 3.63) is 16.3 Å². The molecule has 1 aromatic heterocycles. The van der Waals surface area contributed by atoms with Crippen LogP contribution in [0.4, 0.5) is 5.69 Å². The highest BCUT2D eigenvalue weighted by atomic mass is 32.1. The molecule has 2 rings (SSSR count). The number of nitrogens with two attached hydrogens (primary N) is 1. The molecule has 0 bridgehead atoms. The Morgan fingerprint density at radius 3 is 3.00 bits per heavy atom. The summed E-state index contributed by atoms with van der Waals surface area (Å²) < 4.78 is 0. The van der Waals surface area contributed by atoms with Crippen molar-refractivity contribution >= 4 is 22.9 Å². The van der Waals surface area contributed by atoms with Crippen LogP contribution in [0.3, 0.4) is 0 Å². The SMILES string of the molecule is Nc1ccsc1C(=O)NCCCC1CC1. The lowest BCUT2D eigenvalue weighted by Gasteiger charge is -2.03. The molecule has 0 aliphatic heterocycles. The molecule has 1 aliphatic rings. The Morgan fingerprint density at radius 2 is 2.40 bits per heavy atom. The molecular weight excluding hydrogens is 208 g/mol. The van der Waals surface area contributed by atoms with Crippen molar-refractivity contribution in [2.45, 2.75) is 25.7 Å². The summed E-state index contributed by atoms with van der Waals surface area (Å²) in [5.41, 5.74) is 6.24. The second kappa shape index (κ2) is 4.66. The topological polar surface area (TPSA) is 55.1 Å². The number of anilines is 1. The highest BCUT2D eigenvalue weighted by Gasteiger charge is 2.20. The minimum Gasteiger partial charge on any atom is -0.397 e. The van der Waals surface area contributed by atoms with Gasteiger partial charge >= 0.3 is 0 Å². The zero-order valence-electron chi connectivity index (χ0n) is 8.66. The van der Waals surface area contributed by atoms with Gasteiger partial charge in [0, 0.05) is 6.54 Å². The Kier molecular flexibility index (Phi) is 3.26. The average molecular weight is 224 g/mol. The number of thiophene rings is 1. The maximum atomic E-state index is 11.6. The maximum Gasteiger partial charge on any atom is 0.263 e. The second-order valence-corrected chi connectivity index (χ2v) is 4.96. The number of hydrogen-bond donors (Lipinski definition) is 2. The number of carbonyl (C=O) groups excluding carboxylic acids is 1. The van der Waals surface area contributed by atoms with Crippen LogP contribution in [0.25, 0.3) is 0 Å².